The molecular weight excluding hydrogens is 582 g/mol. The van der Waals surface area contributed by atoms with Gasteiger partial charge in [-0.25, -0.2) is 23.4 Å². The van der Waals surface area contributed by atoms with Crippen molar-refractivity contribution in [3.05, 3.63) is 76.7 Å². The Morgan fingerprint density at radius 1 is 1.17 bits per heavy atom. The van der Waals surface area contributed by atoms with Gasteiger partial charge in [-0.2, -0.15) is 5.26 Å². The van der Waals surface area contributed by atoms with Gasteiger partial charge in [0.1, 0.15) is 24.3 Å². The van der Waals surface area contributed by atoms with Crippen molar-refractivity contribution in [3.63, 3.8) is 0 Å². The van der Waals surface area contributed by atoms with Gasteiger partial charge in [-0.1, -0.05) is 23.7 Å². The molecule has 4 aromatic rings. The van der Waals surface area contributed by atoms with Gasteiger partial charge < -0.3 is 14.2 Å². The van der Waals surface area contributed by atoms with E-state index in [0.29, 0.717) is 39.2 Å². The van der Waals surface area contributed by atoms with E-state index in [9.17, 15) is 13.7 Å². The predicted octanol–water partition coefficient (Wildman–Crippen LogP) is 4.12. The zero-order valence-electron chi connectivity index (χ0n) is 23.3. The molecule has 42 heavy (non-hydrogen) atoms. The third-order valence-corrected chi connectivity index (χ3v) is 9.04. The second-order valence-electron chi connectivity index (χ2n) is 9.94. The van der Waals surface area contributed by atoms with Crippen LogP contribution in [-0.2, 0) is 20.3 Å². The molecule has 0 unspecified atom stereocenters. The molecule has 218 valence electrons. The van der Waals surface area contributed by atoms with Crippen molar-refractivity contribution in [2.75, 3.05) is 13.7 Å². The number of aromatic nitrogens is 6. The summed E-state index contributed by atoms with van der Waals surface area (Å²) in [5.41, 5.74) is 1.51. The molecule has 14 heteroatoms. The molecule has 0 radical (unpaired) electrons. The van der Waals surface area contributed by atoms with Crippen molar-refractivity contribution in [3.8, 4) is 29.1 Å². The lowest BCUT2D eigenvalue weighted by atomic mass is 10.0. The predicted molar refractivity (Wildman–Crippen MR) is 153 cm³/mol. The van der Waals surface area contributed by atoms with E-state index in [2.05, 4.69) is 31.2 Å². The second kappa shape index (κ2) is 12.0. The van der Waals surface area contributed by atoms with E-state index in [1.165, 1.54) is 19.5 Å². The summed E-state index contributed by atoms with van der Waals surface area (Å²) < 4.78 is 47.3. The Kier molecular flexibility index (Phi) is 8.40. The van der Waals surface area contributed by atoms with Gasteiger partial charge in [0, 0.05) is 24.7 Å². The molecule has 1 aliphatic rings. The summed E-state index contributed by atoms with van der Waals surface area (Å²) in [6.45, 7) is 5.24. The van der Waals surface area contributed by atoms with Gasteiger partial charge in [-0.15, -0.1) is 10.2 Å². The van der Waals surface area contributed by atoms with E-state index >= 15 is 0 Å². The molecule has 0 fully saturated rings. The number of fused-ring (bicyclic) bond motifs is 3. The van der Waals surface area contributed by atoms with Crippen LogP contribution in [0.3, 0.4) is 0 Å². The van der Waals surface area contributed by atoms with Gasteiger partial charge in [0.2, 0.25) is 0 Å². The number of pyridine rings is 1. The Morgan fingerprint density at radius 3 is 2.62 bits per heavy atom. The van der Waals surface area contributed by atoms with Crippen LogP contribution in [0.5, 0.6) is 11.5 Å². The molecule has 1 aliphatic heterocycles. The largest absolute Gasteiger partial charge is 0.493 e. The van der Waals surface area contributed by atoms with Crippen LogP contribution in [0.15, 0.2) is 48.9 Å². The Hall–Kier alpha value is -4.12. The number of nitrogens with zero attached hydrogens (tertiary/aromatic N) is 7. The summed E-state index contributed by atoms with van der Waals surface area (Å²) in [4.78, 5) is 12.9. The number of benzene rings is 1. The standard InChI is InChI=1S/C28H28ClN7O5S/c1-16(2)41-25(27-32-12-20(29)13-33-27)17(3)42(37,38)15-23-34-35-28-24-26(22(39-4)8-9-31-24)40-14-21(36(23)28)19-7-5-6-18(10-19)11-30/h5-10,12-13,16-17,21,25H,14-15H2,1-4H3/t17-,21+,25+/m0/s1. The topological polar surface area (TPSA) is 155 Å². The first-order valence-electron chi connectivity index (χ1n) is 13.1. The van der Waals surface area contributed by atoms with Crippen molar-refractivity contribution in [1.82, 2.24) is 29.7 Å². The minimum Gasteiger partial charge on any atom is -0.493 e. The SMILES string of the molecule is COc1ccnc2c1OC[C@H](c1cccc(C#N)c1)n1c(CS(=O)(=O)[C@@H](C)[C@@H](OC(C)C)c3ncc(Cl)cn3)nnc1-2. The normalized spacial score (nSPS) is 16.0. The summed E-state index contributed by atoms with van der Waals surface area (Å²) in [6, 6.07) is 10.2. The van der Waals surface area contributed by atoms with Gasteiger partial charge in [-0.3, -0.25) is 4.57 Å². The highest BCUT2D eigenvalue weighted by Crippen LogP contribution is 2.41. The summed E-state index contributed by atoms with van der Waals surface area (Å²) in [5, 5.41) is 17.5. The molecule has 0 saturated carbocycles. The number of ether oxygens (including phenoxy) is 3. The molecule has 0 amide bonds. The summed E-state index contributed by atoms with van der Waals surface area (Å²) in [5.74, 6) is 1.02. The molecule has 0 N–H and O–H groups in total. The zero-order chi connectivity index (χ0) is 30.0. The number of hydrogen-bond acceptors (Lipinski definition) is 11. The molecule has 12 nitrogen and oxygen atoms in total. The van der Waals surface area contributed by atoms with E-state index < -0.39 is 33.0 Å². The number of sulfone groups is 1. The third-order valence-electron chi connectivity index (χ3n) is 6.80. The van der Waals surface area contributed by atoms with Crippen LogP contribution in [0.25, 0.3) is 11.5 Å². The van der Waals surface area contributed by atoms with Gasteiger partial charge in [-0.05, 0) is 38.5 Å². The summed E-state index contributed by atoms with van der Waals surface area (Å²) in [6.07, 6.45) is 3.09. The first-order chi connectivity index (χ1) is 20.1. The fraction of sp³-hybridized carbons (Fsp3) is 0.357. The number of halogens is 1. The Balaban J connectivity index is 1.60. The van der Waals surface area contributed by atoms with E-state index in [0.717, 1.165) is 0 Å². The van der Waals surface area contributed by atoms with Crippen molar-refractivity contribution >= 4 is 21.4 Å². The summed E-state index contributed by atoms with van der Waals surface area (Å²) >= 11 is 5.96. The maximum absolute atomic E-state index is 14.0. The highest BCUT2D eigenvalue weighted by atomic mass is 35.5. The number of nitriles is 1. The van der Waals surface area contributed by atoms with E-state index in [-0.39, 0.29) is 24.4 Å². The molecule has 1 aromatic carbocycles. The quantitative estimate of drug-likeness (QED) is 0.269. The van der Waals surface area contributed by atoms with Gasteiger partial charge >= 0.3 is 0 Å². The first-order valence-corrected chi connectivity index (χ1v) is 15.2. The molecule has 3 atom stereocenters. The van der Waals surface area contributed by atoms with Crippen LogP contribution in [-0.4, -0.2) is 63.2 Å². The van der Waals surface area contributed by atoms with Crippen LogP contribution < -0.4 is 9.47 Å². The monoisotopic (exact) mass is 609 g/mol. The molecule has 4 heterocycles. The minimum atomic E-state index is -3.94. The fourth-order valence-electron chi connectivity index (χ4n) is 4.74. The lowest BCUT2D eigenvalue weighted by molar-refractivity contribution is 0.00142. The highest BCUT2D eigenvalue weighted by Gasteiger charge is 2.38. The number of methoxy groups -OCH3 is 1. The molecule has 5 rings (SSSR count). The highest BCUT2D eigenvalue weighted by molar-refractivity contribution is 7.91. The van der Waals surface area contributed by atoms with Crippen LogP contribution >= 0.6 is 11.6 Å². The zero-order valence-corrected chi connectivity index (χ0v) is 24.9. The van der Waals surface area contributed by atoms with Crippen LogP contribution in [0.1, 0.15) is 55.7 Å². The average molecular weight is 610 g/mol. The molecule has 0 bridgehead atoms. The maximum Gasteiger partial charge on any atom is 0.190 e. The number of hydrogen-bond donors (Lipinski definition) is 0. The van der Waals surface area contributed by atoms with Crippen molar-refractivity contribution in [2.45, 2.75) is 50.0 Å². The molecular formula is C28H28ClN7O5S. The Bertz CT molecular complexity index is 1740. The van der Waals surface area contributed by atoms with E-state index in [1.54, 1.807) is 55.8 Å². The first kappa shape index (κ1) is 29.4. The number of rotatable bonds is 9. The van der Waals surface area contributed by atoms with Crippen molar-refractivity contribution in [2.24, 2.45) is 0 Å². The third kappa shape index (κ3) is 5.78. The van der Waals surface area contributed by atoms with Crippen molar-refractivity contribution < 1.29 is 22.6 Å². The average Bonchev–Trinajstić information content (AvgIpc) is 3.29. The van der Waals surface area contributed by atoms with Crippen LogP contribution in [0.2, 0.25) is 5.02 Å². The lowest BCUT2D eigenvalue weighted by Gasteiger charge is -2.25. The Morgan fingerprint density at radius 2 is 1.93 bits per heavy atom. The smallest absolute Gasteiger partial charge is 0.190 e. The van der Waals surface area contributed by atoms with E-state index in [4.69, 9.17) is 25.8 Å². The molecule has 0 spiro atoms. The summed E-state index contributed by atoms with van der Waals surface area (Å²) in [7, 11) is -2.42. The molecule has 3 aromatic heterocycles. The maximum atomic E-state index is 14.0. The Labute approximate surface area is 248 Å². The van der Waals surface area contributed by atoms with Gasteiger partial charge in [0.05, 0.1) is 41.2 Å². The van der Waals surface area contributed by atoms with E-state index in [1.807, 2.05) is 6.07 Å². The minimum absolute atomic E-state index is 0.0786. The fourth-order valence-corrected chi connectivity index (χ4v) is 6.22. The van der Waals surface area contributed by atoms with Gasteiger partial charge in [0.25, 0.3) is 0 Å². The van der Waals surface area contributed by atoms with Gasteiger partial charge in [0.15, 0.2) is 38.7 Å². The molecule has 0 aliphatic carbocycles. The molecule has 0 saturated heterocycles. The lowest BCUT2D eigenvalue weighted by Crippen LogP contribution is -2.32. The second-order valence-corrected chi connectivity index (χ2v) is 12.7. The van der Waals surface area contributed by atoms with Crippen molar-refractivity contribution in [1.29, 1.82) is 5.26 Å². The van der Waals surface area contributed by atoms with Crippen LogP contribution in [0.4, 0.5) is 0 Å². The van der Waals surface area contributed by atoms with Crippen LogP contribution in [0, 0.1) is 11.3 Å².